The molecule has 0 saturated carbocycles. The first kappa shape index (κ1) is 18.4. The van der Waals surface area contributed by atoms with Gasteiger partial charge in [0.25, 0.3) is 11.8 Å². The van der Waals surface area contributed by atoms with Crippen molar-refractivity contribution in [3.05, 3.63) is 59.6 Å². The third-order valence-corrected chi connectivity index (χ3v) is 4.18. The average molecular weight is 368 g/mol. The van der Waals surface area contributed by atoms with Gasteiger partial charge in [0, 0.05) is 0 Å². The Morgan fingerprint density at radius 2 is 1.93 bits per heavy atom. The maximum Gasteiger partial charge on any atom is 0.331 e. The quantitative estimate of drug-likeness (QED) is 0.625. The largest absolute Gasteiger partial charge is 0.491 e. The third kappa shape index (κ3) is 4.25. The number of amides is 4. The first-order chi connectivity index (χ1) is 13.0. The lowest BCUT2D eigenvalue weighted by Gasteiger charge is -2.25. The fourth-order valence-corrected chi connectivity index (χ4v) is 2.52. The van der Waals surface area contributed by atoms with Crippen LogP contribution in [0.1, 0.15) is 31.6 Å². The molecule has 1 aromatic heterocycles. The second-order valence-electron chi connectivity index (χ2n) is 6.19. The van der Waals surface area contributed by atoms with E-state index < -0.39 is 17.8 Å². The molecule has 1 fully saturated rings. The molecule has 1 aromatic carbocycles. The highest BCUT2D eigenvalue weighted by atomic mass is 16.5. The van der Waals surface area contributed by atoms with Crippen molar-refractivity contribution in [3.8, 4) is 5.75 Å². The number of ether oxygens (including phenoxy) is 1. The molecule has 27 heavy (non-hydrogen) atoms. The average Bonchev–Trinajstić information content (AvgIpc) is 3.16. The van der Waals surface area contributed by atoms with Gasteiger partial charge < -0.3 is 9.15 Å². The summed E-state index contributed by atoms with van der Waals surface area (Å²) in [5.41, 5.74) is 0.536. The van der Waals surface area contributed by atoms with Gasteiger partial charge >= 0.3 is 6.03 Å². The van der Waals surface area contributed by atoms with E-state index in [0.717, 1.165) is 11.3 Å². The van der Waals surface area contributed by atoms with Crippen molar-refractivity contribution in [2.45, 2.75) is 32.9 Å². The number of carbonyl (C=O) groups excluding carboxylic acids is 3. The van der Waals surface area contributed by atoms with Crippen LogP contribution in [0, 0.1) is 0 Å². The van der Waals surface area contributed by atoms with Crippen molar-refractivity contribution in [2.75, 3.05) is 0 Å². The van der Waals surface area contributed by atoms with Gasteiger partial charge in [-0.1, -0.05) is 19.1 Å². The van der Waals surface area contributed by atoms with Gasteiger partial charge in [0.2, 0.25) is 0 Å². The number of hydrogen-bond donors (Lipinski definition) is 1. The number of urea groups is 1. The van der Waals surface area contributed by atoms with E-state index in [4.69, 9.17) is 9.15 Å². The number of barbiturate groups is 1. The predicted molar refractivity (Wildman–Crippen MR) is 97.6 cm³/mol. The third-order valence-electron chi connectivity index (χ3n) is 4.18. The van der Waals surface area contributed by atoms with Crippen LogP contribution in [0.4, 0.5) is 4.79 Å². The molecule has 0 aliphatic carbocycles. The first-order valence-electron chi connectivity index (χ1n) is 8.66. The van der Waals surface area contributed by atoms with Gasteiger partial charge in [-0.2, -0.15) is 0 Å². The molecule has 1 atom stereocenters. The summed E-state index contributed by atoms with van der Waals surface area (Å²) in [6, 6.07) is 9.58. The second kappa shape index (κ2) is 7.90. The zero-order valence-corrected chi connectivity index (χ0v) is 15.1. The van der Waals surface area contributed by atoms with E-state index in [-0.39, 0.29) is 18.2 Å². The highest BCUT2D eigenvalue weighted by Gasteiger charge is 2.36. The number of rotatable bonds is 6. The highest BCUT2D eigenvalue weighted by Crippen LogP contribution is 2.20. The monoisotopic (exact) mass is 368 g/mol. The Bertz CT molecular complexity index is 868. The Morgan fingerprint density at radius 3 is 2.56 bits per heavy atom. The number of carbonyl (C=O) groups is 3. The van der Waals surface area contributed by atoms with Crippen LogP contribution < -0.4 is 10.1 Å². The number of nitrogens with zero attached hydrogens (tertiary/aromatic N) is 1. The molecule has 3 rings (SSSR count). The van der Waals surface area contributed by atoms with Crippen molar-refractivity contribution in [3.63, 3.8) is 0 Å². The summed E-state index contributed by atoms with van der Waals surface area (Å²) in [6.45, 7) is 3.96. The molecule has 0 radical (unpaired) electrons. The Balaban J connectivity index is 1.80. The zero-order chi connectivity index (χ0) is 19.4. The molecule has 1 saturated heterocycles. The highest BCUT2D eigenvalue weighted by molar-refractivity contribution is 6.30. The maximum absolute atomic E-state index is 12.6. The summed E-state index contributed by atoms with van der Waals surface area (Å²) in [6.07, 6.45) is 3.89. The molecule has 0 spiro atoms. The molecule has 0 bridgehead atoms. The normalized spacial score (nSPS) is 17.2. The van der Waals surface area contributed by atoms with Gasteiger partial charge in [0.15, 0.2) is 0 Å². The van der Waals surface area contributed by atoms with E-state index in [1.807, 2.05) is 13.8 Å². The van der Waals surface area contributed by atoms with E-state index in [1.165, 1.54) is 12.3 Å². The minimum Gasteiger partial charge on any atom is -0.491 e. The van der Waals surface area contributed by atoms with Crippen LogP contribution in [0.3, 0.4) is 0 Å². The van der Waals surface area contributed by atoms with Crippen LogP contribution in [0.5, 0.6) is 5.75 Å². The molecular formula is C20H20N2O5. The minimum absolute atomic E-state index is 0.0516. The van der Waals surface area contributed by atoms with E-state index in [9.17, 15) is 14.4 Å². The lowest BCUT2D eigenvalue weighted by molar-refractivity contribution is -0.130. The van der Waals surface area contributed by atoms with Crippen molar-refractivity contribution in [2.24, 2.45) is 0 Å². The van der Waals surface area contributed by atoms with Crippen molar-refractivity contribution >= 4 is 23.9 Å². The van der Waals surface area contributed by atoms with E-state index in [0.29, 0.717) is 17.1 Å². The smallest absolute Gasteiger partial charge is 0.331 e. The van der Waals surface area contributed by atoms with Crippen molar-refractivity contribution < 1.29 is 23.5 Å². The van der Waals surface area contributed by atoms with Gasteiger partial charge in [0.1, 0.15) is 17.1 Å². The number of imide groups is 2. The molecule has 7 nitrogen and oxygen atoms in total. The van der Waals surface area contributed by atoms with E-state index in [2.05, 4.69) is 5.32 Å². The van der Waals surface area contributed by atoms with Gasteiger partial charge in [-0.15, -0.1) is 0 Å². The molecule has 1 aliphatic rings. The van der Waals surface area contributed by atoms with Crippen LogP contribution in [-0.2, 0) is 16.1 Å². The Morgan fingerprint density at radius 1 is 1.19 bits per heavy atom. The number of nitrogens with one attached hydrogen (secondary N) is 1. The zero-order valence-electron chi connectivity index (χ0n) is 15.1. The number of hydrogen-bond acceptors (Lipinski definition) is 5. The summed E-state index contributed by atoms with van der Waals surface area (Å²) in [7, 11) is 0. The maximum atomic E-state index is 12.6. The summed E-state index contributed by atoms with van der Waals surface area (Å²) in [5, 5.41) is 2.18. The SMILES string of the molecule is CC[C@@H](C)Oc1ccc(/C=C2\C(=O)NC(=O)N(Cc3ccco3)C2=O)cc1. The van der Waals surface area contributed by atoms with Crippen LogP contribution in [0.15, 0.2) is 52.7 Å². The first-order valence-corrected chi connectivity index (χ1v) is 8.66. The van der Waals surface area contributed by atoms with E-state index >= 15 is 0 Å². The van der Waals surface area contributed by atoms with Gasteiger partial charge in [-0.25, -0.2) is 4.79 Å². The van der Waals surface area contributed by atoms with Crippen molar-refractivity contribution in [1.82, 2.24) is 10.2 Å². The Hall–Kier alpha value is -3.35. The fourth-order valence-electron chi connectivity index (χ4n) is 2.52. The minimum atomic E-state index is -0.768. The lowest BCUT2D eigenvalue weighted by Crippen LogP contribution is -2.53. The summed E-state index contributed by atoms with van der Waals surface area (Å²) in [5.74, 6) is -0.236. The van der Waals surface area contributed by atoms with Crippen LogP contribution in [-0.4, -0.2) is 28.8 Å². The van der Waals surface area contributed by atoms with Gasteiger partial charge in [-0.3, -0.25) is 19.8 Å². The van der Waals surface area contributed by atoms with Crippen LogP contribution in [0.2, 0.25) is 0 Å². The topological polar surface area (TPSA) is 88.8 Å². The number of furan rings is 1. The Kier molecular flexibility index (Phi) is 5.40. The molecule has 4 amide bonds. The molecule has 0 unspecified atom stereocenters. The summed E-state index contributed by atoms with van der Waals surface area (Å²) < 4.78 is 10.9. The Labute approximate surface area is 156 Å². The summed E-state index contributed by atoms with van der Waals surface area (Å²) in [4.78, 5) is 37.7. The predicted octanol–water partition coefficient (Wildman–Crippen LogP) is 3.12. The molecule has 2 aromatic rings. The van der Waals surface area contributed by atoms with Gasteiger partial charge in [-0.05, 0) is 49.2 Å². The van der Waals surface area contributed by atoms with Gasteiger partial charge in [0.05, 0.1) is 18.9 Å². The summed E-state index contributed by atoms with van der Waals surface area (Å²) >= 11 is 0. The van der Waals surface area contributed by atoms with Crippen LogP contribution in [0.25, 0.3) is 6.08 Å². The molecule has 1 N–H and O–H groups in total. The lowest BCUT2D eigenvalue weighted by atomic mass is 10.1. The second-order valence-corrected chi connectivity index (χ2v) is 6.19. The molecule has 7 heteroatoms. The standard InChI is InChI=1S/C20H20N2O5/c1-3-13(2)27-15-8-6-14(7-9-15)11-17-18(23)21-20(25)22(19(17)24)12-16-5-4-10-26-16/h4-11,13H,3,12H2,1-2H3,(H,21,23,25)/b17-11+/t13-/m1/s1. The van der Waals surface area contributed by atoms with Crippen LogP contribution >= 0.6 is 0 Å². The van der Waals surface area contributed by atoms with Crippen molar-refractivity contribution in [1.29, 1.82) is 0 Å². The van der Waals surface area contributed by atoms with E-state index in [1.54, 1.807) is 36.4 Å². The molecule has 2 heterocycles. The molecule has 1 aliphatic heterocycles. The molecular weight excluding hydrogens is 348 g/mol. The number of benzene rings is 1. The fraction of sp³-hybridized carbons (Fsp3) is 0.250. The molecule has 140 valence electrons.